The lowest BCUT2D eigenvalue weighted by molar-refractivity contribution is 0.357. The predicted molar refractivity (Wildman–Crippen MR) is 77.4 cm³/mol. The van der Waals surface area contributed by atoms with Gasteiger partial charge in [0.25, 0.3) is 0 Å². The third kappa shape index (κ3) is 2.65. The molecule has 0 radical (unpaired) electrons. The highest BCUT2D eigenvalue weighted by atomic mass is 16.5. The zero-order chi connectivity index (χ0) is 13.0. The zero-order valence-electron chi connectivity index (χ0n) is 11.4. The number of nitrogens with zero attached hydrogens (tertiary/aromatic N) is 1. The van der Waals surface area contributed by atoms with E-state index in [1.807, 2.05) is 12.1 Å². The molecule has 0 heterocycles. The van der Waals surface area contributed by atoms with E-state index in [-0.39, 0.29) is 0 Å². The lowest BCUT2D eigenvalue weighted by Gasteiger charge is -2.15. The van der Waals surface area contributed by atoms with E-state index in [0.717, 1.165) is 25.3 Å². The van der Waals surface area contributed by atoms with Crippen molar-refractivity contribution in [1.82, 2.24) is 4.90 Å². The van der Waals surface area contributed by atoms with Crippen molar-refractivity contribution in [3.8, 4) is 5.75 Å². The molecule has 0 amide bonds. The highest BCUT2D eigenvalue weighted by Gasteiger charge is 2.07. The summed E-state index contributed by atoms with van der Waals surface area (Å²) in [6, 6.07) is 12.7. The molecule has 2 nitrogen and oxygen atoms in total. The maximum absolute atomic E-state index is 5.49. The summed E-state index contributed by atoms with van der Waals surface area (Å²) in [7, 11) is 3.89. The molecule has 0 unspecified atom stereocenters. The summed E-state index contributed by atoms with van der Waals surface area (Å²) in [5, 5.41) is 2.51. The molecule has 0 saturated carbocycles. The topological polar surface area (TPSA) is 12.5 Å². The largest absolute Gasteiger partial charge is 0.496 e. The molecule has 0 fully saturated rings. The maximum Gasteiger partial charge on any atom is 0.126 e. The Bertz CT molecular complexity index is 516. The minimum absolute atomic E-state index is 0.974. The standard InChI is InChI=1S/C16H21NO/c1-4-17(2)12-11-14-8-5-7-13-9-6-10-15(18-3)16(13)14/h5-10H,4,11-12H2,1-3H3. The Morgan fingerprint density at radius 2 is 1.83 bits per heavy atom. The van der Waals surface area contributed by atoms with Crippen molar-refractivity contribution < 1.29 is 4.74 Å². The predicted octanol–water partition coefficient (Wildman–Crippen LogP) is 3.34. The molecule has 2 rings (SSSR count). The van der Waals surface area contributed by atoms with Crippen molar-refractivity contribution in [3.63, 3.8) is 0 Å². The summed E-state index contributed by atoms with van der Waals surface area (Å²) in [4.78, 5) is 2.33. The number of ether oxygens (including phenoxy) is 1. The molecule has 0 aromatic heterocycles. The van der Waals surface area contributed by atoms with E-state index in [9.17, 15) is 0 Å². The van der Waals surface area contributed by atoms with Crippen molar-refractivity contribution >= 4 is 10.8 Å². The monoisotopic (exact) mass is 243 g/mol. The first-order valence-corrected chi connectivity index (χ1v) is 6.49. The molecule has 18 heavy (non-hydrogen) atoms. The Hall–Kier alpha value is -1.54. The van der Waals surface area contributed by atoms with Crippen LogP contribution in [0.3, 0.4) is 0 Å². The van der Waals surface area contributed by atoms with E-state index in [2.05, 4.69) is 43.1 Å². The number of hydrogen-bond donors (Lipinski definition) is 0. The Morgan fingerprint density at radius 3 is 2.50 bits per heavy atom. The van der Waals surface area contributed by atoms with Crippen LogP contribution < -0.4 is 4.74 Å². The van der Waals surface area contributed by atoms with Crippen LogP contribution >= 0.6 is 0 Å². The summed E-state index contributed by atoms with van der Waals surface area (Å²) >= 11 is 0. The molecule has 0 aliphatic heterocycles. The first-order chi connectivity index (χ1) is 8.76. The van der Waals surface area contributed by atoms with E-state index in [0.29, 0.717) is 0 Å². The lowest BCUT2D eigenvalue weighted by atomic mass is 10.0. The van der Waals surface area contributed by atoms with Crippen molar-refractivity contribution in [2.75, 3.05) is 27.2 Å². The van der Waals surface area contributed by atoms with Crippen LogP contribution in [0.25, 0.3) is 10.8 Å². The highest BCUT2D eigenvalue weighted by Crippen LogP contribution is 2.29. The average Bonchev–Trinajstić information content (AvgIpc) is 2.43. The molecular weight excluding hydrogens is 222 g/mol. The van der Waals surface area contributed by atoms with E-state index >= 15 is 0 Å². The van der Waals surface area contributed by atoms with Gasteiger partial charge in [0.1, 0.15) is 5.75 Å². The second kappa shape index (κ2) is 5.87. The van der Waals surface area contributed by atoms with Crippen LogP contribution in [-0.2, 0) is 6.42 Å². The number of likely N-dealkylation sites (N-methyl/N-ethyl adjacent to an activating group) is 1. The highest BCUT2D eigenvalue weighted by molar-refractivity contribution is 5.91. The number of hydrogen-bond acceptors (Lipinski definition) is 2. The van der Waals surface area contributed by atoms with Gasteiger partial charge in [0.15, 0.2) is 0 Å². The molecule has 0 N–H and O–H groups in total. The average molecular weight is 243 g/mol. The minimum atomic E-state index is 0.974. The van der Waals surface area contributed by atoms with Gasteiger partial charge in [-0.2, -0.15) is 0 Å². The summed E-state index contributed by atoms with van der Waals surface area (Å²) in [6.07, 6.45) is 1.06. The van der Waals surface area contributed by atoms with Crippen LogP contribution in [0, 0.1) is 0 Å². The minimum Gasteiger partial charge on any atom is -0.496 e. The Balaban J connectivity index is 2.37. The van der Waals surface area contributed by atoms with Gasteiger partial charge in [0.2, 0.25) is 0 Å². The summed E-state index contributed by atoms with van der Waals surface area (Å²) < 4.78 is 5.49. The smallest absolute Gasteiger partial charge is 0.126 e. The normalized spacial score (nSPS) is 11.1. The SMILES string of the molecule is CCN(C)CCc1cccc2cccc(OC)c12. The molecule has 2 aromatic rings. The Labute approximate surface area is 109 Å². The molecule has 2 aromatic carbocycles. The fourth-order valence-corrected chi connectivity index (χ4v) is 2.23. The van der Waals surface area contributed by atoms with Gasteiger partial charge in [0.05, 0.1) is 7.11 Å². The van der Waals surface area contributed by atoms with Crippen LogP contribution in [0.15, 0.2) is 36.4 Å². The van der Waals surface area contributed by atoms with Crippen LogP contribution in [0.1, 0.15) is 12.5 Å². The fourth-order valence-electron chi connectivity index (χ4n) is 2.23. The van der Waals surface area contributed by atoms with Gasteiger partial charge in [0, 0.05) is 11.9 Å². The van der Waals surface area contributed by atoms with Crippen LogP contribution in [0.4, 0.5) is 0 Å². The summed E-state index contributed by atoms with van der Waals surface area (Å²) in [6.45, 7) is 4.35. The summed E-state index contributed by atoms with van der Waals surface area (Å²) in [5.74, 6) is 0.974. The Morgan fingerprint density at radius 1 is 1.11 bits per heavy atom. The van der Waals surface area contributed by atoms with Crippen LogP contribution in [0.2, 0.25) is 0 Å². The van der Waals surface area contributed by atoms with E-state index in [1.54, 1.807) is 7.11 Å². The first-order valence-electron chi connectivity index (χ1n) is 6.49. The van der Waals surface area contributed by atoms with Crippen LogP contribution in [-0.4, -0.2) is 32.1 Å². The number of benzene rings is 2. The molecular formula is C16H21NO. The van der Waals surface area contributed by atoms with Gasteiger partial charge in [-0.25, -0.2) is 0 Å². The summed E-state index contributed by atoms with van der Waals surface area (Å²) in [5.41, 5.74) is 1.37. The fraction of sp³-hybridized carbons (Fsp3) is 0.375. The maximum atomic E-state index is 5.49. The van der Waals surface area contributed by atoms with Crippen LogP contribution in [0.5, 0.6) is 5.75 Å². The number of methoxy groups -OCH3 is 1. The Kier molecular flexibility index (Phi) is 4.21. The van der Waals surface area contributed by atoms with E-state index in [1.165, 1.54) is 16.3 Å². The number of rotatable bonds is 5. The molecule has 0 spiro atoms. The lowest BCUT2D eigenvalue weighted by Crippen LogP contribution is -2.20. The quantitative estimate of drug-likeness (QED) is 0.798. The van der Waals surface area contributed by atoms with E-state index in [4.69, 9.17) is 4.74 Å². The molecule has 0 aliphatic rings. The second-order valence-electron chi connectivity index (χ2n) is 4.62. The van der Waals surface area contributed by atoms with Crippen molar-refractivity contribution in [2.45, 2.75) is 13.3 Å². The molecule has 2 heteroatoms. The van der Waals surface area contributed by atoms with Gasteiger partial charge < -0.3 is 9.64 Å². The van der Waals surface area contributed by atoms with Crippen molar-refractivity contribution in [3.05, 3.63) is 42.0 Å². The third-order valence-electron chi connectivity index (χ3n) is 3.48. The van der Waals surface area contributed by atoms with Crippen molar-refractivity contribution in [2.24, 2.45) is 0 Å². The molecule has 0 saturated heterocycles. The van der Waals surface area contributed by atoms with Gasteiger partial charge in [-0.1, -0.05) is 37.3 Å². The number of fused-ring (bicyclic) bond motifs is 1. The zero-order valence-corrected chi connectivity index (χ0v) is 11.4. The van der Waals surface area contributed by atoms with Gasteiger partial charge in [-0.15, -0.1) is 0 Å². The molecule has 96 valence electrons. The third-order valence-corrected chi connectivity index (χ3v) is 3.48. The second-order valence-corrected chi connectivity index (χ2v) is 4.62. The molecule has 0 aliphatic carbocycles. The molecule has 0 atom stereocenters. The van der Waals surface area contributed by atoms with Crippen molar-refractivity contribution in [1.29, 1.82) is 0 Å². The molecule has 0 bridgehead atoms. The van der Waals surface area contributed by atoms with Gasteiger partial charge >= 0.3 is 0 Å². The first kappa shape index (κ1) is 12.9. The van der Waals surface area contributed by atoms with E-state index < -0.39 is 0 Å². The van der Waals surface area contributed by atoms with Gasteiger partial charge in [-0.05, 0) is 37.0 Å². The van der Waals surface area contributed by atoms with Gasteiger partial charge in [-0.3, -0.25) is 0 Å².